The van der Waals surface area contributed by atoms with E-state index in [0.717, 1.165) is 28.9 Å². The third-order valence-corrected chi connectivity index (χ3v) is 3.70. The van der Waals surface area contributed by atoms with Gasteiger partial charge in [-0.05, 0) is 13.5 Å². The van der Waals surface area contributed by atoms with Crippen molar-refractivity contribution in [2.75, 3.05) is 18.1 Å². The van der Waals surface area contributed by atoms with Crippen LogP contribution in [0.1, 0.15) is 24.1 Å². The molecule has 1 saturated heterocycles. The number of halogens is 1. The van der Waals surface area contributed by atoms with Gasteiger partial charge in [0.1, 0.15) is 11.8 Å². The van der Waals surface area contributed by atoms with E-state index in [9.17, 15) is 0 Å². The minimum Gasteiger partial charge on any atom is -0.444 e. The number of hydrogen-bond acceptors (Lipinski definition) is 4. The lowest BCUT2D eigenvalue weighted by atomic mass is 10.3. The van der Waals surface area contributed by atoms with Crippen LogP contribution in [0.5, 0.6) is 0 Å². The Labute approximate surface area is 103 Å². The zero-order valence-electron chi connectivity index (χ0n) is 8.69. The zero-order chi connectivity index (χ0) is 10.8. The highest BCUT2D eigenvalue weighted by Gasteiger charge is 2.47. The number of rotatable bonds is 5. The predicted octanol–water partition coefficient (Wildman–Crippen LogP) is 1.39. The summed E-state index contributed by atoms with van der Waals surface area (Å²) in [4.78, 5) is 6.54. The van der Waals surface area contributed by atoms with Gasteiger partial charge in [-0.15, -0.1) is 0 Å². The minimum atomic E-state index is 0.204. The Morgan fingerprint density at radius 1 is 1.67 bits per heavy atom. The summed E-state index contributed by atoms with van der Waals surface area (Å²) in [7, 11) is 2.09. The Morgan fingerprint density at radius 3 is 3.07 bits per heavy atom. The van der Waals surface area contributed by atoms with Gasteiger partial charge in [0.15, 0.2) is 0 Å². The first-order chi connectivity index (χ1) is 7.27. The summed E-state index contributed by atoms with van der Waals surface area (Å²) < 4.78 is 6.75. The summed E-state index contributed by atoms with van der Waals surface area (Å²) in [6.45, 7) is 0.204. The van der Waals surface area contributed by atoms with Crippen LogP contribution in [-0.2, 0) is 6.42 Å². The standard InChI is InChI=1S/C10H15IN2O2/c1-13-8(5-11)9(13)10-12-6-7(15-10)3-2-4-14/h6,8-9,14H,2-5H2,1H3/t8-,9-,13?/m0/s1. The van der Waals surface area contributed by atoms with E-state index in [4.69, 9.17) is 9.52 Å². The molecule has 3 atom stereocenters. The van der Waals surface area contributed by atoms with Crippen LogP contribution in [0.2, 0.25) is 0 Å². The van der Waals surface area contributed by atoms with Crippen LogP contribution in [-0.4, -0.2) is 39.1 Å². The highest BCUT2D eigenvalue weighted by atomic mass is 127. The van der Waals surface area contributed by atoms with Gasteiger partial charge < -0.3 is 9.52 Å². The van der Waals surface area contributed by atoms with Crippen molar-refractivity contribution in [2.45, 2.75) is 24.9 Å². The summed E-state index contributed by atoms with van der Waals surface area (Å²) in [5.41, 5.74) is 0. The summed E-state index contributed by atoms with van der Waals surface area (Å²) >= 11 is 2.38. The maximum absolute atomic E-state index is 8.71. The van der Waals surface area contributed by atoms with Crippen molar-refractivity contribution < 1.29 is 9.52 Å². The molecule has 1 aromatic heterocycles. The summed E-state index contributed by atoms with van der Waals surface area (Å²) in [6, 6.07) is 0.944. The highest BCUT2D eigenvalue weighted by Crippen LogP contribution is 2.41. The molecule has 0 radical (unpaired) electrons. The van der Waals surface area contributed by atoms with E-state index in [1.807, 2.05) is 0 Å². The van der Waals surface area contributed by atoms with Crippen molar-refractivity contribution in [3.63, 3.8) is 0 Å². The number of aliphatic hydroxyl groups is 1. The molecule has 1 aliphatic rings. The van der Waals surface area contributed by atoms with Gasteiger partial charge in [-0.25, -0.2) is 4.98 Å². The molecule has 1 aromatic rings. The first-order valence-electron chi connectivity index (χ1n) is 5.11. The van der Waals surface area contributed by atoms with E-state index in [1.54, 1.807) is 6.20 Å². The average molecular weight is 322 g/mol. The molecule has 4 nitrogen and oxygen atoms in total. The molecule has 1 fully saturated rings. The molecule has 0 aromatic carbocycles. The monoisotopic (exact) mass is 322 g/mol. The van der Waals surface area contributed by atoms with E-state index in [-0.39, 0.29) is 6.61 Å². The molecule has 2 heterocycles. The van der Waals surface area contributed by atoms with Gasteiger partial charge in [0, 0.05) is 23.5 Å². The fourth-order valence-corrected chi connectivity index (χ4v) is 2.87. The lowest BCUT2D eigenvalue weighted by molar-refractivity contribution is 0.283. The Balaban J connectivity index is 1.96. The molecular formula is C10H15IN2O2. The van der Waals surface area contributed by atoms with Crippen LogP contribution in [0.4, 0.5) is 0 Å². The van der Waals surface area contributed by atoms with Crippen molar-refractivity contribution in [3.8, 4) is 0 Å². The van der Waals surface area contributed by atoms with E-state index >= 15 is 0 Å². The third kappa shape index (κ3) is 2.34. The number of alkyl halides is 1. The van der Waals surface area contributed by atoms with Gasteiger partial charge >= 0.3 is 0 Å². The molecule has 5 heteroatoms. The van der Waals surface area contributed by atoms with Gasteiger partial charge in [0.2, 0.25) is 5.89 Å². The van der Waals surface area contributed by atoms with Crippen LogP contribution in [0.25, 0.3) is 0 Å². The number of aromatic nitrogens is 1. The molecule has 0 spiro atoms. The number of aliphatic hydroxyl groups excluding tert-OH is 1. The Morgan fingerprint density at radius 2 is 2.47 bits per heavy atom. The maximum Gasteiger partial charge on any atom is 0.213 e. The number of aryl methyl sites for hydroxylation is 1. The minimum absolute atomic E-state index is 0.204. The first-order valence-corrected chi connectivity index (χ1v) is 6.64. The van der Waals surface area contributed by atoms with Crippen LogP contribution in [0.3, 0.4) is 0 Å². The molecule has 15 heavy (non-hydrogen) atoms. The normalized spacial score (nSPS) is 29.4. The smallest absolute Gasteiger partial charge is 0.213 e. The molecule has 1 aliphatic heterocycles. The zero-order valence-corrected chi connectivity index (χ0v) is 10.8. The van der Waals surface area contributed by atoms with Gasteiger partial charge in [-0.3, -0.25) is 4.90 Å². The Hall–Kier alpha value is -0.140. The van der Waals surface area contributed by atoms with Gasteiger partial charge in [-0.1, -0.05) is 22.6 Å². The van der Waals surface area contributed by atoms with Crippen molar-refractivity contribution in [1.29, 1.82) is 0 Å². The number of oxazole rings is 1. The maximum atomic E-state index is 8.71. The van der Waals surface area contributed by atoms with E-state index in [1.165, 1.54) is 0 Å². The molecule has 84 valence electrons. The van der Waals surface area contributed by atoms with Gasteiger partial charge in [-0.2, -0.15) is 0 Å². The van der Waals surface area contributed by atoms with Crippen LogP contribution in [0, 0.1) is 0 Å². The lowest BCUT2D eigenvalue weighted by Crippen LogP contribution is -1.92. The van der Waals surface area contributed by atoms with Crippen molar-refractivity contribution in [3.05, 3.63) is 17.8 Å². The molecule has 1 unspecified atom stereocenters. The lowest BCUT2D eigenvalue weighted by Gasteiger charge is -1.92. The van der Waals surface area contributed by atoms with E-state index < -0.39 is 0 Å². The van der Waals surface area contributed by atoms with Crippen molar-refractivity contribution >= 4 is 22.6 Å². The topological polar surface area (TPSA) is 49.3 Å². The number of nitrogens with zero attached hydrogens (tertiary/aromatic N) is 2. The number of hydrogen-bond donors (Lipinski definition) is 1. The molecule has 1 N–H and O–H groups in total. The third-order valence-electron chi connectivity index (χ3n) is 2.80. The van der Waals surface area contributed by atoms with Crippen LogP contribution in [0.15, 0.2) is 10.6 Å². The molecule has 0 amide bonds. The fourth-order valence-electron chi connectivity index (χ4n) is 1.76. The predicted molar refractivity (Wildman–Crippen MR) is 65.1 cm³/mol. The van der Waals surface area contributed by atoms with Gasteiger partial charge in [0.05, 0.1) is 6.20 Å². The summed E-state index contributed by atoms with van der Waals surface area (Å²) in [5, 5.41) is 8.71. The SMILES string of the molecule is CN1[C@H](c2ncc(CCCO)o2)[C@@H]1CI. The summed E-state index contributed by atoms with van der Waals surface area (Å²) in [5.74, 6) is 1.71. The summed E-state index contributed by atoms with van der Waals surface area (Å²) in [6.07, 6.45) is 3.29. The van der Waals surface area contributed by atoms with Crippen LogP contribution >= 0.6 is 22.6 Å². The quantitative estimate of drug-likeness (QED) is 0.506. The fraction of sp³-hybridized carbons (Fsp3) is 0.700. The first kappa shape index (κ1) is 11.3. The highest BCUT2D eigenvalue weighted by molar-refractivity contribution is 14.1. The van der Waals surface area contributed by atoms with E-state index in [0.29, 0.717) is 12.1 Å². The van der Waals surface area contributed by atoms with Crippen molar-refractivity contribution in [1.82, 2.24) is 9.88 Å². The van der Waals surface area contributed by atoms with Crippen LogP contribution < -0.4 is 0 Å². The molecule has 0 saturated carbocycles. The Bertz CT molecular complexity index is 329. The molecule has 0 aliphatic carbocycles. The average Bonchev–Trinajstić information content (AvgIpc) is 2.70. The molecule has 0 bridgehead atoms. The second-order valence-electron chi connectivity index (χ2n) is 3.82. The molecule has 2 rings (SSSR count). The van der Waals surface area contributed by atoms with Crippen molar-refractivity contribution in [2.24, 2.45) is 0 Å². The second kappa shape index (κ2) is 4.80. The number of likely N-dealkylation sites (N-methyl/N-ethyl adjacent to an activating group) is 1. The van der Waals surface area contributed by atoms with E-state index in [2.05, 4.69) is 39.5 Å². The molecular weight excluding hydrogens is 307 g/mol. The Kier molecular flexibility index (Phi) is 3.63. The largest absolute Gasteiger partial charge is 0.444 e. The van der Waals surface area contributed by atoms with Gasteiger partial charge in [0.25, 0.3) is 0 Å². The second-order valence-corrected chi connectivity index (χ2v) is 4.70.